The van der Waals surface area contributed by atoms with Crippen LogP contribution < -0.4 is 9.47 Å². The highest BCUT2D eigenvalue weighted by molar-refractivity contribution is 5.91. The quantitative estimate of drug-likeness (QED) is 0.371. The molecule has 1 unspecified atom stereocenters. The zero-order chi connectivity index (χ0) is 21.2. The first-order chi connectivity index (χ1) is 12.9. The van der Waals surface area contributed by atoms with Crippen molar-refractivity contribution >= 4 is 5.97 Å². The molecule has 0 aromatic heterocycles. The highest BCUT2D eigenvalue weighted by Crippen LogP contribution is 2.49. The van der Waals surface area contributed by atoms with E-state index in [1.54, 1.807) is 0 Å². The van der Waals surface area contributed by atoms with Crippen molar-refractivity contribution in [1.29, 1.82) is 0 Å². The first-order valence-electron chi connectivity index (χ1n) is 7.27. The van der Waals surface area contributed by atoms with Crippen LogP contribution in [0.1, 0.15) is 10.4 Å². The van der Waals surface area contributed by atoms with Crippen LogP contribution in [0.25, 0.3) is 0 Å². The Hall–Kier alpha value is -2.85. The molecule has 1 radical (unpaired) electrons. The lowest BCUT2D eigenvalue weighted by molar-refractivity contribution is -0.379. The van der Waals surface area contributed by atoms with Gasteiger partial charge in [-0.3, -0.25) is 0 Å². The van der Waals surface area contributed by atoms with Gasteiger partial charge in [0.25, 0.3) is 0 Å². The molecule has 0 fully saturated rings. The Balaban J connectivity index is 2.08. The zero-order valence-corrected chi connectivity index (χ0v) is 13.4. The van der Waals surface area contributed by atoms with E-state index in [2.05, 4.69) is 10.8 Å². The molecule has 28 heavy (non-hydrogen) atoms. The van der Waals surface area contributed by atoms with Crippen molar-refractivity contribution in [2.24, 2.45) is 0 Å². The van der Waals surface area contributed by atoms with Crippen molar-refractivity contribution in [2.75, 3.05) is 0 Å². The molecular formula is C17H9F8O3. The van der Waals surface area contributed by atoms with Crippen LogP contribution in [0.4, 0.5) is 35.1 Å². The van der Waals surface area contributed by atoms with Gasteiger partial charge in [0.05, 0.1) is 5.56 Å². The number of carbonyl (C=O) groups excluding carboxylic acids is 1. The largest absolute Gasteiger partial charge is 0.460 e. The Morgan fingerprint density at radius 3 is 1.89 bits per heavy atom. The summed E-state index contributed by atoms with van der Waals surface area (Å²) >= 11 is 0. The van der Waals surface area contributed by atoms with E-state index in [0.717, 1.165) is 24.3 Å². The predicted molar refractivity (Wildman–Crippen MR) is 78.2 cm³/mol. The maximum atomic E-state index is 13.4. The fourth-order valence-corrected chi connectivity index (χ4v) is 1.80. The van der Waals surface area contributed by atoms with E-state index in [9.17, 15) is 39.9 Å². The summed E-state index contributed by atoms with van der Waals surface area (Å²) < 4.78 is 110. The Bertz CT molecular complexity index is 803. The molecule has 151 valence electrons. The third-order valence-corrected chi connectivity index (χ3v) is 3.29. The van der Waals surface area contributed by atoms with Crippen molar-refractivity contribution in [3.63, 3.8) is 0 Å². The van der Waals surface area contributed by atoms with Gasteiger partial charge in [-0.15, -0.1) is 0 Å². The van der Waals surface area contributed by atoms with Crippen LogP contribution in [-0.2, 0) is 0 Å². The van der Waals surface area contributed by atoms with Gasteiger partial charge in [-0.25, -0.2) is 4.79 Å². The number of rotatable bonds is 6. The van der Waals surface area contributed by atoms with E-state index in [0.29, 0.717) is 0 Å². The molecule has 2 aromatic carbocycles. The smallest absolute Gasteiger partial charge is 0.454 e. The maximum Gasteiger partial charge on any atom is 0.460 e. The van der Waals surface area contributed by atoms with Crippen molar-refractivity contribution < 1.29 is 49.4 Å². The molecule has 0 bridgehead atoms. The Morgan fingerprint density at radius 1 is 0.857 bits per heavy atom. The molecule has 0 heterocycles. The lowest BCUT2D eigenvalue weighted by Gasteiger charge is -2.30. The number of alkyl halides is 8. The first-order valence-corrected chi connectivity index (χ1v) is 7.27. The van der Waals surface area contributed by atoms with Crippen LogP contribution in [0.15, 0.2) is 48.5 Å². The predicted octanol–water partition coefficient (Wildman–Crippen LogP) is 5.21. The molecule has 0 saturated heterocycles. The van der Waals surface area contributed by atoms with Gasteiger partial charge in [-0.2, -0.15) is 35.1 Å². The third kappa shape index (κ3) is 4.34. The van der Waals surface area contributed by atoms with E-state index >= 15 is 0 Å². The number of halogens is 8. The summed E-state index contributed by atoms with van der Waals surface area (Å²) in [4.78, 5) is 11.9. The summed E-state index contributed by atoms with van der Waals surface area (Å²) in [5, 5.41) is 0. The number of benzene rings is 2. The third-order valence-electron chi connectivity index (χ3n) is 3.29. The average Bonchev–Trinajstić information content (AvgIpc) is 2.62. The minimum absolute atomic E-state index is 0.150. The van der Waals surface area contributed by atoms with Crippen LogP contribution in [0.2, 0.25) is 0 Å². The number of esters is 1. The monoisotopic (exact) mass is 413 g/mol. The van der Waals surface area contributed by atoms with Crippen molar-refractivity contribution in [2.45, 2.75) is 24.4 Å². The van der Waals surface area contributed by atoms with Gasteiger partial charge in [-0.05, 0) is 42.5 Å². The molecule has 1 atom stereocenters. The second-order valence-electron chi connectivity index (χ2n) is 5.28. The summed E-state index contributed by atoms with van der Waals surface area (Å²) in [6.07, 6.45) is -11.0. The highest BCUT2D eigenvalue weighted by atomic mass is 19.4. The summed E-state index contributed by atoms with van der Waals surface area (Å²) in [6, 6.07) is 11.7. The van der Waals surface area contributed by atoms with Crippen LogP contribution in [0.5, 0.6) is 11.5 Å². The molecule has 0 saturated carbocycles. The number of hydrogen-bond acceptors (Lipinski definition) is 3. The lowest BCUT2D eigenvalue weighted by Crippen LogP contribution is -2.58. The standard InChI is InChI=1S/C17H9F8O3/c18-14(15(19,20)16(21,22)17(23,24)25)28-12-8-6-10(7-9-12)13(26)27-11-4-2-1-3-5-11/h2-9,14H. The fourth-order valence-electron chi connectivity index (χ4n) is 1.80. The molecule has 0 aliphatic rings. The molecule has 2 aromatic rings. The average molecular weight is 413 g/mol. The van der Waals surface area contributed by atoms with Crippen LogP contribution in [-0.4, -0.2) is 30.3 Å². The van der Waals surface area contributed by atoms with Gasteiger partial charge in [0.15, 0.2) is 0 Å². The second kappa shape index (κ2) is 7.64. The van der Waals surface area contributed by atoms with Gasteiger partial charge in [0, 0.05) is 0 Å². The van der Waals surface area contributed by atoms with Gasteiger partial charge in [-0.1, -0.05) is 12.1 Å². The molecule has 11 heteroatoms. The molecule has 0 aliphatic carbocycles. The molecular weight excluding hydrogens is 404 g/mol. The summed E-state index contributed by atoms with van der Waals surface area (Å²) in [5.74, 6) is -14.4. The van der Waals surface area contributed by atoms with E-state index < -0.39 is 36.1 Å². The van der Waals surface area contributed by atoms with Crippen molar-refractivity contribution in [1.82, 2.24) is 0 Å². The normalized spacial score (nSPS) is 13.7. The minimum atomic E-state index is -6.69. The molecule has 0 N–H and O–H groups in total. The zero-order valence-electron chi connectivity index (χ0n) is 13.4. The van der Waals surface area contributed by atoms with Crippen molar-refractivity contribution in [3.8, 4) is 11.5 Å². The van der Waals surface area contributed by atoms with Crippen LogP contribution >= 0.6 is 0 Å². The highest BCUT2D eigenvalue weighted by Gasteiger charge is 2.77. The minimum Gasteiger partial charge on any atom is -0.454 e. The van der Waals surface area contributed by atoms with Crippen LogP contribution in [0.3, 0.4) is 0 Å². The van der Waals surface area contributed by atoms with E-state index in [4.69, 9.17) is 4.74 Å². The summed E-state index contributed by atoms with van der Waals surface area (Å²) in [6.45, 7) is 0. The van der Waals surface area contributed by atoms with Gasteiger partial charge >= 0.3 is 30.3 Å². The molecule has 0 aliphatic heterocycles. The molecule has 0 spiro atoms. The number of hydrogen-bond donors (Lipinski definition) is 0. The topological polar surface area (TPSA) is 35.5 Å². The van der Waals surface area contributed by atoms with E-state index in [-0.39, 0.29) is 11.3 Å². The molecule has 0 amide bonds. The fraction of sp³-hybridized carbons (Fsp3) is 0.235. The Morgan fingerprint density at radius 2 is 1.39 bits per heavy atom. The van der Waals surface area contributed by atoms with Crippen molar-refractivity contribution in [3.05, 3.63) is 60.2 Å². The lowest BCUT2D eigenvalue weighted by atomic mass is 10.1. The first kappa shape index (κ1) is 21.5. The molecule has 3 nitrogen and oxygen atoms in total. The van der Waals surface area contributed by atoms with Gasteiger partial charge in [0.1, 0.15) is 11.5 Å². The van der Waals surface area contributed by atoms with E-state index in [1.807, 2.05) is 0 Å². The van der Waals surface area contributed by atoms with Crippen LogP contribution in [0, 0.1) is 6.07 Å². The SMILES string of the molecule is O=C(Oc1cc[c]cc1)c1ccc(OC(F)C(F)(F)C(F)(F)C(F)(F)F)cc1. The van der Waals surface area contributed by atoms with E-state index in [1.165, 1.54) is 24.3 Å². The Kier molecular flexibility index (Phi) is 5.86. The van der Waals surface area contributed by atoms with Gasteiger partial charge in [0.2, 0.25) is 0 Å². The molecule has 2 rings (SSSR count). The maximum absolute atomic E-state index is 13.4. The summed E-state index contributed by atoms with van der Waals surface area (Å²) in [5.41, 5.74) is -0.150. The number of carbonyl (C=O) groups is 1. The summed E-state index contributed by atoms with van der Waals surface area (Å²) in [7, 11) is 0. The van der Waals surface area contributed by atoms with Gasteiger partial charge < -0.3 is 9.47 Å². The Labute approximate surface area is 152 Å². The second-order valence-corrected chi connectivity index (χ2v) is 5.28. The number of ether oxygens (including phenoxy) is 2.